The van der Waals surface area contributed by atoms with Gasteiger partial charge in [-0.25, -0.2) is 0 Å². The quantitative estimate of drug-likeness (QED) is 0.521. The van der Waals surface area contributed by atoms with Gasteiger partial charge in [0.05, 0.1) is 13.2 Å². The monoisotopic (exact) mass is 375 g/mol. The minimum atomic E-state index is -0.557. The molecule has 0 aromatic heterocycles. The van der Waals surface area contributed by atoms with Crippen LogP contribution < -0.4 is 5.32 Å². The Balaban J connectivity index is 1.61. The van der Waals surface area contributed by atoms with Crippen molar-refractivity contribution in [3.05, 3.63) is 25.0 Å². The molecule has 1 N–H and O–H groups in total. The van der Waals surface area contributed by atoms with Gasteiger partial charge in [-0.05, 0) is 52.1 Å². The summed E-state index contributed by atoms with van der Waals surface area (Å²) in [4.78, 5) is 29.8. The molecule has 0 bridgehead atoms. The van der Waals surface area contributed by atoms with E-state index in [-0.39, 0.29) is 23.8 Å². The van der Waals surface area contributed by atoms with Gasteiger partial charge in [0.1, 0.15) is 17.3 Å². The Hall–Kier alpha value is -1.82. The van der Waals surface area contributed by atoms with Crippen molar-refractivity contribution in [2.24, 2.45) is 5.92 Å². The highest BCUT2D eigenvalue weighted by molar-refractivity contribution is 5.90. The topological polar surface area (TPSA) is 61.9 Å². The third kappa shape index (κ3) is 4.21. The summed E-state index contributed by atoms with van der Waals surface area (Å²) in [5, 5.41) is 3.14. The van der Waals surface area contributed by atoms with Crippen LogP contribution >= 0.6 is 0 Å². The molecule has 1 aliphatic carbocycles. The van der Waals surface area contributed by atoms with E-state index in [0.29, 0.717) is 31.9 Å². The normalized spacial score (nSPS) is 30.6. The summed E-state index contributed by atoms with van der Waals surface area (Å²) in [7, 11) is 0. The van der Waals surface area contributed by atoms with Gasteiger partial charge in [-0.1, -0.05) is 19.1 Å². The van der Waals surface area contributed by atoms with E-state index in [1.807, 2.05) is 13.0 Å². The molecule has 6 nitrogen and oxygen atoms in total. The number of likely N-dealkylation sites (tertiary alicyclic amines) is 2. The van der Waals surface area contributed by atoms with Crippen molar-refractivity contribution in [2.75, 3.05) is 32.8 Å². The second kappa shape index (κ2) is 8.46. The fourth-order valence-corrected chi connectivity index (χ4v) is 4.45. The first-order valence-electron chi connectivity index (χ1n) is 10.3. The molecule has 0 aromatic carbocycles. The van der Waals surface area contributed by atoms with E-state index in [0.717, 1.165) is 38.8 Å². The van der Waals surface area contributed by atoms with Crippen molar-refractivity contribution in [1.29, 1.82) is 0 Å². The Labute approximate surface area is 162 Å². The highest BCUT2D eigenvalue weighted by atomic mass is 16.5. The van der Waals surface area contributed by atoms with Crippen LogP contribution in [0.3, 0.4) is 0 Å². The van der Waals surface area contributed by atoms with Gasteiger partial charge in [0.15, 0.2) is 0 Å². The summed E-state index contributed by atoms with van der Waals surface area (Å²) < 4.78 is 5.60. The van der Waals surface area contributed by atoms with Crippen LogP contribution in [0.2, 0.25) is 0 Å². The molecule has 3 atom stereocenters. The van der Waals surface area contributed by atoms with E-state index >= 15 is 0 Å². The van der Waals surface area contributed by atoms with Crippen molar-refractivity contribution in [1.82, 2.24) is 15.1 Å². The number of nitrogens with zero attached hydrogens (tertiary/aromatic N) is 2. The standard InChI is InChI=1S/C21H33N3O3/c1-4-17-14-21(17,16(3)27-5-2)22-20(26)18-10-9-13-24(18)19(25)15-23-11-7-6-8-12-23/h4,17-18H,1,3,5-15H2,2H3,(H,22,26)/t17?,18-,21?/m0/s1. The zero-order valence-corrected chi connectivity index (χ0v) is 16.5. The summed E-state index contributed by atoms with van der Waals surface area (Å²) in [6.45, 7) is 13.3. The molecule has 2 unspecified atom stereocenters. The maximum atomic E-state index is 13.0. The number of carbonyl (C=O) groups is 2. The molecule has 3 rings (SSSR count). The second-order valence-corrected chi connectivity index (χ2v) is 7.95. The van der Waals surface area contributed by atoms with Gasteiger partial charge in [0.25, 0.3) is 0 Å². The molecule has 6 heteroatoms. The number of rotatable bonds is 8. The highest BCUT2D eigenvalue weighted by Crippen LogP contribution is 2.49. The maximum absolute atomic E-state index is 13.0. The predicted molar refractivity (Wildman–Crippen MR) is 105 cm³/mol. The molecule has 1 saturated carbocycles. The number of ether oxygens (including phenoxy) is 1. The predicted octanol–water partition coefficient (Wildman–Crippen LogP) is 2.07. The number of hydrogen-bond acceptors (Lipinski definition) is 4. The molecule has 27 heavy (non-hydrogen) atoms. The Morgan fingerprint density at radius 3 is 2.59 bits per heavy atom. The van der Waals surface area contributed by atoms with Gasteiger partial charge in [0, 0.05) is 12.5 Å². The fourth-order valence-electron chi connectivity index (χ4n) is 4.45. The molecule has 2 amide bonds. The van der Waals surface area contributed by atoms with Gasteiger partial charge < -0.3 is 15.0 Å². The van der Waals surface area contributed by atoms with E-state index in [4.69, 9.17) is 4.74 Å². The Morgan fingerprint density at radius 2 is 1.96 bits per heavy atom. The molecule has 3 fully saturated rings. The summed E-state index contributed by atoms with van der Waals surface area (Å²) in [6.07, 6.45) is 7.75. The van der Waals surface area contributed by atoms with E-state index in [9.17, 15) is 9.59 Å². The summed E-state index contributed by atoms with van der Waals surface area (Å²) in [5.74, 6) is 0.708. The fraction of sp³-hybridized carbons (Fsp3) is 0.714. The molecule has 0 radical (unpaired) electrons. The van der Waals surface area contributed by atoms with Crippen LogP contribution in [-0.2, 0) is 14.3 Å². The lowest BCUT2D eigenvalue weighted by Crippen LogP contribution is -2.52. The van der Waals surface area contributed by atoms with E-state index < -0.39 is 5.54 Å². The van der Waals surface area contributed by atoms with Crippen LogP contribution in [0.1, 0.15) is 45.4 Å². The summed E-state index contributed by atoms with van der Waals surface area (Å²) in [5.41, 5.74) is -0.557. The Kier molecular flexibility index (Phi) is 6.25. The number of carbonyl (C=O) groups excluding carboxylic acids is 2. The number of hydrogen-bond donors (Lipinski definition) is 1. The zero-order chi connectivity index (χ0) is 19.4. The van der Waals surface area contributed by atoms with E-state index in [1.54, 1.807) is 4.90 Å². The van der Waals surface area contributed by atoms with Crippen LogP contribution in [0.15, 0.2) is 25.0 Å². The number of nitrogens with one attached hydrogen (secondary N) is 1. The van der Waals surface area contributed by atoms with Crippen molar-refractivity contribution in [3.8, 4) is 0 Å². The largest absolute Gasteiger partial charge is 0.496 e. The summed E-state index contributed by atoms with van der Waals surface area (Å²) in [6, 6.07) is -0.389. The van der Waals surface area contributed by atoms with Gasteiger partial charge in [-0.3, -0.25) is 14.5 Å². The minimum Gasteiger partial charge on any atom is -0.496 e. The molecule has 2 aliphatic heterocycles. The minimum absolute atomic E-state index is 0.0725. The third-order valence-corrected chi connectivity index (χ3v) is 6.15. The van der Waals surface area contributed by atoms with Gasteiger partial charge in [-0.15, -0.1) is 6.58 Å². The molecule has 2 heterocycles. The van der Waals surface area contributed by atoms with Crippen LogP contribution in [0.4, 0.5) is 0 Å². The molecule has 0 spiro atoms. The maximum Gasteiger partial charge on any atom is 0.243 e. The molecule has 150 valence electrons. The van der Waals surface area contributed by atoms with Crippen LogP contribution in [0.25, 0.3) is 0 Å². The van der Waals surface area contributed by atoms with Crippen molar-refractivity contribution in [3.63, 3.8) is 0 Å². The lowest BCUT2D eigenvalue weighted by molar-refractivity contribution is -0.139. The first kappa shape index (κ1) is 19.9. The molecule has 0 aromatic rings. The zero-order valence-electron chi connectivity index (χ0n) is 16.5. The highest BCUT2D eigenvalue weighted by Gasteiger charge is 2.58. The average Bonchev–Trinajstić information content (AvgIpc) is 3.15. The van der Waals surface area contributed by atoms with Gasteiger partial charge in [0.2, 0.25) is 11.8 Å². The molecular formula is C21H33N3O3. The SMILES string of the molecule is C=CC1CC1(NC(=O)[C@@H]1CCCN1C(=O)CN1CCCCC1)C(=C)OCC. The van der Waals surface area contributed by atoms with Crippen LogP contribution in [0.5, 0.6) is 0 Å². The average molecular weight is 376 g/mol. The summed E-state index contributed by atoms with van der Waals surface area (Å²) >= 11 is 0. The Morgan fingerprint density at radius 1 is 1.22 bits per heavy atom. The lowest BCUT2D eigenvalue weighted by atomic mass is 10.1. The first-order valence-corrected chi connectivity index (χ1v) is 10.3. The second-order valence-electron chi connectivity index (χ2n) is 7.95. The number of amides is 2. The van der Waals surface area contributed by atoms with Crippen LogP contribution in [0, 0.1) is 5.92 Å². The van der Waals surface area contributed by atoms with E-state index in [2.05, 4.69) is 23.4 Å². The lowest BCUT2D eigenvalue weighted by Gasteiger charge is -2.31. The van der Waals surface area contributed by atoms with Gasteiger partial charge in [-0.2, -0.15) is 0 Å². The van der Waals surface area contributed by atoms with Crippen molar-refractivity contribution < 1.29 is 14.3 Å². The number of piperidine rings is 1. The van der Waals surface area contributed by atoms with Gasteiger partial charge >= 0.3 is 0 Å². The molecule has 3 aliphatic rings. The Bertz CT molecular complexity index is 599. The van der Waals surface area contributed by atoms with Crippen LogP contribution in [-0.4, -0.2) is 66.0 Å². The molecular weight excluding hydrogens is 342 g/mol. The first-order chi connectivity index (χ1) is 13.0. The molecule has 2 saturated heterocycles. The third-order valence-electron chi connectivity index (χ3n) is 6.15. The van der Waals surface area contributed by atoms with E-state index in [1.165, 1.54) is 6.42 Å². The van der Waals surface area contributed by atoms with Crippen molar-refractivity contribution >= 4 is 11.8 Å². The van der Waals surface area contributed by atoms with Crippen molar-refractivity contribution in [2.45, 2.75) is 57.0 Å². The smallest absolute Gasteiger partial charge is 0.243 e.